The fraction of sp³-hybridized carbons (Fsp3) is 0.333. The first-order chi connectivity index (χ1) is 7.90. The molecule has 1 rings (SSSR count). The van der Waals surface area contributed by atoms with Crippen LogP contribution in [0.2, 0.25) is 0 Å². The van der Waals surface area contributed by atoms with Gasteiger partial charge in [0.05, 0.1) is 17.6 Å². The Bertz CT molecular complexity index is 457. The van der Waals surface area contributed by atoms with Gasteiger partial charge in [-0.25, -0.2) is 9.78 Å². The first-order valence-corrected chi connectivity index (χ1v) is 5.46. The zero-order chi connectivity index (χ0) is 13.0. The predicted octanol–water partition coefficient (Wildman–Crippen LogP) is -0.490. The Morgan fingerprint density at radius 3 is 2.65 bits per heavy atom. The quantitative estimate of drug-likeness (QED) is 0.657. The van der Waals surface area contributed by atoms with Gasteiger partial charge in [-0.05, 0) is 6.92 Å². The second kappa shape index (κ2) is 5.39. The van der Waals surface area contributed by atoms with Crippen LogP contribution < -0.4 is 11.1 Å². The van der Waals surface area contributed by atoms with Crippen LogP contribution in [0.3, 0.4) is 0 Å². The van der Waals surface area contributed by atoms with E-state index in [9.17, 15) is 14.4 Å². The molecule has 92 valence electrons. The SMILES string of the molecule is Cc1ncc(C(=O)N[C@@H](CC(N)=O)C(=O)O)s1. The van der Waals surface area contributed by atoms with Crippen molar-refractivity contribution >= 4 is 29.1 Å². The van der Waals surface area contributed by atoms with E-state index in [1.807, 2.05) is 0 Å². The lowest BCUT2D eigenvalue weighted by Crippen LogP contribution is -2.43. The third kappa shape index (κ3) is 3.83. The summed E-state index contributed by atoms with van der Waals surface area (Å²) in [5, 5.41) is 11.7. The smallest absolute Gasteiger partial charge is 0.326 e. The number of aryl methyl sites for hydroxylation is 1. The summed E-state index contributed by atoms with van der Waals surface area (Å²) >= 11 is 1.14. The molecule has 1 heterocycles. The summed E-state index contributed by atoms with van der Waals surface area (Å²) in [6, 6.07) is -1.32. The molecular weight excluding hydrogens is 246 g/mol. The molecule has 0 aliphatic heterocycles. The summed E-state index contributed by atoms with van der Waals surface area (Å²) in [5.41, 5.74) is 4.89. The Morgan fingerprint density at radius 1 is 1.59 bits per heavy atom. The number of aliphatic carboxylic acids is 1. The van der Waals surface area contributed by atoms with Crippen LogP contribution in [-0.4, -0.2) is 33.9 Å². The molecule has 1 aromatic heterocycles. The molecule has 0 saturated carbocycles. The first kappa shape index (κ1) is 13.1. The van der Waals surface area contributed by atoms with Gasteiger partial charge < -0.3 is 16.2 Å². The highest BCUT2D eigenvalue weighted by atomic mass is 32.1. The largest absolute Gasteiger partial charge is 0.480 e. The second-order valence-corrected chi connectivity index (χ2v) is 4.51. The summed E-state index contributed by atoms with van der Waals surface area (Å²) in [6.07, 6.45) is 0.900. The standard InChI is InChI=1S/C9H11N3O4S/c1-4-11-3-6(17-4)8(14)12-5(9(15)16)2-7(10)13/h3,5H,2H2,1H3,(H2,10,13)(H,12,14)(H,15,16)/t5-/m0/s1. The lowest BCUT2D eigenvalue weighted by Gasteiger charge is -2.11. The van der Waals surface area contributed by atoms with Crippen molar-refractivity contribution in [3.05, 3.63) is 16.1 Å². The first-order valence-electron chi connectivity index (χ1n) is 4.64. The average molecular weight is 257 g/mol. The Hall–Kier alpha value is -1.96. The zero-order valence-corrected chi connectivity index (χ0v) is 9.78. The molecule has 0 bridgehead atoms. The van der Waals surface area contributed by atoms with Crippen LogP contribution in [-0.2, 0) is 9.59 Å². The highest BCUT2D eigenvalue weighted by Crippen LogP contribution is 2.11. The third-order valence-corrected chi connectivity index (χ3v) is 2.77. The number of primary amides is 1. The molecule has 0 aliphatic carbocycles. The number of rotatable bonds is 5. The number of aromatic nitrogens is 1. The van der Waals surface area contributed by atoms with Crippen molar-refractivity contribution in [1.29, 1.82) is 0 Å². The molecule has 1 atom stereocenters. The third-order valence-electron chi connectivity index (χ3n) is 1.85. The highest BCUT2D eigenvalue weighted by Gasteiger charge is 2.23. The number of nitrogens with one attached hydrogen (secondary N) is 1. The summed E-state index contributed by atoms with van der Waals surface area (Å²) < 4.78 is 0. The number of nitrogens with zero attached hydrogens (tertiary/aromatic N) is 1. The van der Waals surface area contributed by atoms with Gasteiger partial charge in [-0.2, -0.15) is 0 Å². The van der Waals surface area contributed by atoms with Crippen molar-refractivity contribution in [3.8, 4) is 0 Å². The van der Waals surface area contributed by atoms with Crippen LogP contribution in [0.15, 0.2) is 6.20 Å². The van der Waals surface area contributed by atoms with Gasteiger partial charge in [-0.1, -0.05) is 0 Å². The Balaban J connectivity index is 2.70. The van der Waals surface area contributed by atoms with Crippen LogP contribution in [0, 0.1) is 6.92 Å². The van der Waals surface area contributed by atoms with E-state index in [2.05, 4.69) is 10.3 Å². The van der Waals surface area contributed by atoms with Gasteiger partial charge in [0.25, 0.3) is 5.91 Å². The van der Waals surface area contributed by atoms with Crippen molar-refractivity contribution in [3.63, 3.8) is 0 Å². The fourth-order valence-electron chi connectivity index (χ4n) is 1.10. The van der Waals surface area contributed by atoms with Gasteiger partial charge in [-0.3, -0.25) is 9.59 Å². The maximum atomic E-state index is 11.6. The van der Waals surface area contributed by atoms with E-state index in [1.165, 1.54) is 6.20 Å². The number of thiazole rings is 1. The van der Waals surface area contributed by atoms with E-state index in [-0.39, 0.29) is 0 Å². The van der Waals surface area contributed by atoms with Crippen LogP contribution in [0.25, 0.3) is 0 Å². The van der Waals surface area contributed by atoms with Gasteiger partial charge in [0.2, 0.25) is 5.91 Å². The van der Waals surface area contributed by atoms with E-state index in [0.29, 0.717) is 9.88 Å². The van der Waals surface area contributed by atoms with E-state index in [0.717, 1.165) is 11.3 Å². The molecule has 17 heavy (non-hydrogen) atoms. The van der Waals surface area contributed by atoms with Gasteiger partial charge in [0.15, 0.2) is 0 Å². The van der Waals surface area contributed by atoms with Crippen LogP contribution in [0.1, 0.15) is 21.1 Å². The van der Waals surface area contributed by atoms with Crippen molar-refractivity contribution in [2.45, 2.75) is 19.4 Å². The minimum absolute atomic E-state index is 0.290. The molecule has 0 unspecified atom stereocenters. The number of carbonyl (C=O) groups excluding carboxylic acids is 2. The molecule has 0 saturated heterocycles. The lowest BCUT2D eigenvalue weighted by atomic mass is 10.2. The van der Waals surface area contributed by atoms with Crippen LogP contribution in [0.4, 0.5) is 0 Å². The summed E-state index contributed by atoms with van der Waals surface area (Å²) in [4.78, 5) is 37.2. The van der Waals surface area contributed by atoms with E-state index >= 15 is 0 Å². The fourth-order valence-corrected chi connectivity index (χ4v) is 1.78. The summed E-state index contributed by atoms with van der Waals surface area (Å²) in [5.74, 6) is -2.68. The minimum atomic E-state index is -1.32. The molecular formula is C9H11N3O4S. The van der Waals surface area contributed by atoms with E-state index < -0.39 is 30.2 Å². The number of nitrogens with two attached hydrogens (primary N) is 1. The summed E-state index contributed by atoms with van der Waals surface area (Å²) in [7, 11) is 0. The van der Waals surface area contributed by atoms with Crippen molar-refractivity contribution < 1.29 is 19.5 Å². The minimum Gasteiger partial charge on any atom is -0.480 e. The number of carbonyl (C=O) groups is 3. The molecule has 4 N–H and O–H groups in total. The Kier molecular flexibility index (Phi) is 4.16. The summed E-state index contributed by atoms with van der Waals surface area (Å²) in [6.45, 7) is 1.72. The van der Waals surface area contributed by atoms with Crippen LogP contribution in [0.5, 0.6) is 0 Å². The van der Waals surface area contributed by atoms with Gasteiger partial charge >= 0.3 is 5.97 Å². The van der Waals surface area contributed by atoms with Crippen molar-refractivity contribution in [1.82, 2.24) is 10.3 Å². The molecule has 0 fully saturated rings. The highest BCUT2D eigenvalue weighted by molar-refractivity contribution is 7.13. The number of amides is 2. The van der Waals surface area contributed by atoms with Crippen molar-refractivity contribution in [2.75, 3.05) is 0 Å². The molecule has 0 spiro atoms. The maximum absolute atomic E-state index is 11.6. The molecule has 1 aromatic rings. The maximum Gasteiger partial charge on any atom is 0.326 e. The Labute approximate surface area is 101 Å². The monoisotopic (exact) mass is 257 g/mol. The normalized spacial score (nSPS) is 11.8. The molecule has 0 radical (unpaired) electrons. The van der Waals surface area contributed by atoms with Crippen molar-refractivity contribution in [2.24, 2.45) is 5.73 Å². The number of carboxylic acid groups (broad SMARTS) is 1. The van der Waals surface area contributed by atoms with Crippen LogP contribution >= 0.6 is 11.3 Å². The topological polar surface area (TPSA) is 122 Å². The molecule has 8 heteroatoms. The number of hydrogen-bond acceptors (Lipinski definition) is 5. The number of hydrogen-bond donors (Lipinski definition) is 3. The van der Waals surface area contributed by atoms with Gasteiger partial charge in [0.1, 0.15) is 10.9 Å². The second-order valence-electron chi connectivity index (χ2n) is 3.28. The van der Waals surface area contributed by atoms with E-state index in [1.54, 1.807) is 6.92 Å². The molecule has 7 nitrogen and oxygen atoms in total. The molecule has 0 aliphatic rings. The average Bonchev–Trinajstić information content (AvgIpc) is 2.63. The Morgan fingerprint density at radius 2 is 2.24 bits per heavy atom. The molecule has 2 amide bonds. The lowest BCUT2D eigenvalue weighted by molar-refractivity contribution is -0.140. The number of carboxylic acids is 1. The van der Waals surface area contributed by atoms with E-state index in [4.69, 9.17) is 10.8 Å². The van der Waals surface area contributed by atoms with Gasteiger partial charge in [-0.15, -0.1) is 11.3 Å². The van der Waals surface area contributed by atoms with Gasteiger partial charge in [0, 0.05) is 0 Å². The zero-order valence-electron chi connectivity index (χ0n) is 8.97. The predicted molar refractivity (Wildman–Crippen MR) is 59.6 cm³/mol. The molecule has 0 aromatic carbocycles.